The summed E-state index contributed by atoms with van der Waals surface area (Å²) in [5, 5.41) is 7.03. The first-order valence-electron chi connectivity index (χ1n) is 6.84. The molecule has 0 aliphatic heterocycles. The van der Waals surface area contributed by atoms with Crippen molar-refractivity contribution in [3.8, 4) is 5.75 Å². The van der Waals surface area contributed by atoms with Crippen molar-refractivity contribution >= 4 is 47.6 Å². The maximum absolute atomic E-state index is 13.2. The molecule has 0 radical (unpaired) electrons. The normalized spacial score (nSPS) is 10.7. The van der Waals surface area contributed by atoms with Crippen molar-refractivity contribution in [2.45, 2.75) is 6.18 Å². The summed E-state index contributed by atoms with van der Waals surface area (Å²) in [5.74, 6) is -1.13. The maximum Gasteiger partial charge on any atom is 0.417 e. The minimum Gasteiger partial charge on any atom is -0.490 e. The van der Waals surface area contributed by atoms with Crippen LogP contribution in [-0.2, 0) is 6.18 Å². The van der Waals surface area contributed by atoms with Crippen LogP contribution < -0.4 is 16.2 Å². The number of aromatic amines is 1. The molecule has 146 valence electrons. The van der Waals surface area contributed by atoms with E-state index in [1.54, 1.807) is 0 Å². The average Bonchev–Trinajstić information content (AvgIpc) is 2.94. The summed E-state index contributed by atoms with van der Waals surface area (Å²) >= 11 is 0. The molecule has 0 saturated heterocycles. The van der Waals surface area contributed by atoms with Gasteiger partial charge in [0.05, 0.1) is 11.1 Å². The van der Waals surface area contributed by atoms with Crippen LogP contribution in [0.25, 0.3) is 10.9 Å². The van der Waals surface area contributed by atoms with Gasteiger partial charge in [0, 0.05) is 19.0 Å². The number of ether oxygens (including phenoxy) is 1. The number of guanidine groups is 1. The molecule has 1 heterocycles. The van der Waals surface area contributed by atoms with Crippen molar-refractivity contribution < 1.29 is 22.7 Å². The number of aromatic nitrogens is 1. The van der Waals surface area contributed by atoms with Crippen LogP contribution in [-0.4, -0.2) is 41.9 Å². The number of nitrogens with two attached hydrogens (primary N) is 2. The first kappa shape index (κ1) is 23.8. The zero-order valence-corrected chi connectivity index (χ0v) is 15.1. The van der Waals surface area contributed by atoms with Crippen LogP contribution in [0.4, 0.5) is 13.2 Å². The van der Waals surface area contributed by atoms with Crippen LogP contribution in [0.2, 0.25) is 0 Å². The summed E-state index contributed by atoms with van der Waals surface area (Å²) in [6.07, 6.45) is -4.60. The molecule has 0 spiro atoms. The molecule has 1 aromatic heterocycles. The number of fused-ring (bicyclic) bond motifs is 1. The molecular weight excluding hydrogens is 398 g/mol. The molecule has 1 aromatic carbocycles. The highest BCUT2D eigenvalue weighted by atomic mass is 35.5. The van der Waals surface area contributed by atoms with Gasteiger partial charge in [0.25, 0.3) is 5.91 Å². The van der Waals surface area contributed by atoms with Crippen LogP contribution in [0.5, 0.6) is 5.75 Å². The second-order valence-corrected chi connectivity index (χ2v) is 4.97. The van der Waals surface area contributed by atoms with Gasteiger partial charge in [-0.05, 0) is 18.2 Å². The Morgan fingerprint density at radius 2 is 1.96 bits per heavy atom. The van der Waals surface area contributed by atoms with E-state index >= 15 is 0 Å². The first-order chi connectivity index (χ1) is 11.2. The van der Waals surface area contributed by atoms with Gasteiger partial charge in [-0.25, -0.2) is 0 Å². The van der Waals surface area contributed by atoms with E-state index in [1.807, 2.05) is 0 Å². The van der Waals surface area contributed by atoms with Gasteiger partial charge < -0.3 is 21.2 Å². The largest absolute Gasteiger partial charge is 0.490 e. The molecule has 0 unspecified atom stereocenters. The predicted molar refractivity (Wildman–Crippen MR) is 96.4 cm³/mol. The maximum atomic E-state index is 13.2. The Bertz CT molecular complexity index is 795. The summed E-state index contributed by atoms with van der Waals surface area (Å²) in [6, 6.07) is 3.11. The minimum atomic E-state index is -4.60. The van der Waals surface area contributed by atoms with Gasteiger partial charge in [0.1, 0.15) is 18.1 Å². The Morgan fingerprint density at radius 3 is 2.46 bits per heavy atom. The molecule has 0 aliphatic carbocycles. The Labute approximate surface area is 159 Å². The fraction of sp³-hybridized carbons (Fsp3) is 0.286. The summed E-state index contributed by atoms with van der Waals surface area (Å²) in [5.41, 5.74) is 9.53. The second kappa shape index (κ2) is 8.97. The molecule has 2 rings (SSSR count). The standard InChI is InChI=1S/C14H16F3N5O2.2ClH/c1-22(13(19)20)12(23)9-6-7-8(14(15,16)17)2-3-10(11(7)21-9)24-5-4-18;;/h2-3,6,21H,4-5,18H2,1H3,(H3,19,20);2*1H. The van der Waals surface area contributed by atoms with Crippen molar-refractivity contribution in [1.82, 2.24) is 9.88 Å². The van der Waals surface area contributed by atoms with Gasteiger partial charge in [0.15, 0.2) is 5.96 Å². The lowest BCUT2D eigenvalue weighted by atomic mass is 10.1. The van der Waals surface area contributed by atoms with E-state index in [4.69, 9.17) is 21.6 Å². The zero-order valence-electron chi connectivity index (χ0n) is 13.5. The van der Waals surface area contributed by atoms with E-state index in [1.165, 1.54) is 13.1 Å². The smallest absolute Gasteiger partial charge is 0.417 e. The van der Waals surface area contributed by atoms with Crippen molar-refractivity contribution in [3.63, 3.8) is 0 Å². The van der Waals surface area contributed by atoms with Gasteiger partial charge in [0.2, 0.25) is 0 Å². The molecule has 2 aromatic rings. The van der Waals surface area contributed by atoms with E-state index in [2.05, 4.69) is 4.98 Å². The van der Waals surface area contributed by atoms with Crippen LogP contribution in [0, 0.1) is 5.41 Å². The topological polar surface area (TPSA) is 121 Å². The van der Waals surface area contributed by atoms with Crippen molar-refractivity contribution in [2.75, 3.05) is 20.2 Å². The molecule has 12 heteroatoms. The molecule has 0 aliphatic rings. The number of alkyl halides is 3. The third-order valence-corrected chi connectivity index (χ3v) is 3.33. The molecule has 1 amide bonds. The number of amides is 1. The predicted octanol–water partition coefficient (Wildman–Crippen LogP) is 2.33. The molecule has 6 N–H and O–H groups in total. The summed E-state index contributed by atoms with van der Waals surface area (Å²) in [4.78, 5) is 15.6. The van der Waals surface area contributed by atoms with Crippen molar-refractivity contribution in [3.05, 3.63) is 29.5 Å². The highest BCUT2D eigenvalue weighted by Gasteiger charge is 2.34. The third-order valence-electron chi connectivity index (χ3n) is 3.33. The first-order valence-corrected chi connectivity index (χ1v) is 6.84. The number of nitrogens with zero attached hydrogens (tertiary/aromatic N) is 1. The Hall–Kier alpha value is -2.17. The Morgan fingerprint density at radius 1 is 1.35 bits per heavy atom. The van der Waals surface area contributed by atoms with E-state index in [-0.39, 0.29) is 60.3 Å². The fourth-order valence-corrected chi connectivity index (χ4v) is 2.14. The van der Waals surface area contributed by atoms with E-state index < -0.39 is 23.6 Å². The molecular formula is C14H18Cl2F3N5O2. The number of H-pyrrole nitrogens is 1. The molecule has 0 fully saturated rings. The van der Waals surface area contributed by atoms with E-state index in [0.717, 1.165) is 17.0 Å². The number of rotatable bonds is 4. The molecule has 26 heavy (non-hydrogen) atoms. The molecule has 7 nitrogen and oxygen atoms in total. The number of nitrogens with one attached hydrogen (secondary N) is 2. The molecule has 0 bridgehead atoms. The number of halogens is 5. The van der Waals surface area contributed by atoms with Gasteiger partial charge >= 0.3 is 6.18 Å². The van der Waals surface area contributed by atoms with Crippen molar-refractivity contribution in [2.24, 2.45) is 11.5 Å². The second-order valence-electron chi connectivity index (χ2n) is 4.97. The lowest BCUT2D eigenvalue weighted by Gasteiger charge is -2.12. The van der Waals surface area contributed by atoms with E-state index in [9.17, 15) is 18.0 Å². The summed E-state index contributed by atoms with van der Waals surface area (Å²) < 4.78 is 44.8. The highest BCUT2D eigenvalue weighted by molar-refractivity contribution is 6.06. The van der Waals surface area contributed by atoms with Gasteiger partial charge in [-0.15, -0.1) is 24.8 Å². The van der Waals surface area contributed by atoms with Crippen LogP contribution in [0.3, 0.4) is 0 Å². The lowest BCUT2D eigenvalue weighted by molar-refractivity contribution is -0.136. The fourth-order valence-electron chi connectivity index (χ4n) is 2.14. The monoisotopic (exact) mass is 415 g/mol. The third kappa shape index (κ3) is 4.71. The van der Waals surface area contributed by atoms with Crippen LogP contribution in [0.1, 0.15) is 16.1 Å². The Balaban J connectivity index is 0.00000312. The number of benzene rings is 1. The van der Waals surface area contributed by atoms with Crippen LogP contribution >= 0.6 is 24.8 Å². The summed E-state index contributed by atoms with van der Waals surface area (Å²) in [6.45, 7) is 0.290. The molecule has 0 atom stereocenters. The SMILES string of the molecule is CN(C(=N)N)C(=O)c1cc2c(C(F)(F)F)ccc(OCCN)c2[nH]1.Cl.Cl. The quantitative estimate of drug-likeness (QED) is 0.452. The van der Waals surface area contributed by atoms with Crippen LogP contribution in [0.15, 0.2) is 18.2 Å². The summed E-state index contributed by atoms with van der Waals surface area (Å²) in [7, 11) is 1.24. The Kier molecular flexibility index (Phi) is 8.22. The van der Waals surface area contributed by atoms with Gasteiger partial charge in [-0.2, -0.15) is 13.2 Å². The average molecular weight is 416 g/mol. The minimum absolute atomic E-state index is 0. The number of carbonyl (C=O) groups excluding carboxylic acids is 1. The van der Waals surface area contributed by atoms with Gasteiger partial charge in [-0.3, -0.25) is 15.1 Å². The number of hydrogen-bond acceptors (Lipinski definition) is 4. The lowest BCUT2D eigenvalue weighted by Crippen LogP contribution is -2.38. The van der Waals surface area contributed by atoms with Gasteiger partial charge in [-0.1, -0.05) is 0 Å². The number of carbonyl (C=O) groups is 1. The van der Waals surface area contributed by atoms with E-state index in [0.29, 0.717) is 0 Å². The van der Waals surface area contributed by atoms with Crippen molar-refractivity contribution in [1.29, 1.82) is 5.41 Å². The highest BCUT2D eigenvalue weighted by Crippen LogP contribution is 2.38. The zero-order chi connectivity index (χ0) is 18.1. The molecule has 0 saturated carbocycles. The number of hydrogen-bond donors (Lipinski definition) is 4.